The van der Waals surface area contributed by atoms with Gasteiger partial charge in [0, 0.05) is 25.9 Å². The van der Waals surface area contributed by atoms with Crippen LogP contribution in [0.15, 0.2) is 30.3 Å². The molecule has 0 aliphatic carbocycles. The van der Waals surface area contributed by atoms with E-state index in [1.54, 1.807) is 13.8 Å². The number of allylic oxidation sites excluding steroid dienone is 1. The summed E-state index contributed by atoms with van der Waals surface area (Å²) in [5.41, 5.74) is 3.30. The molecule has 9 heteroatoms. The summed E-state index contributed by atoms with van der Waals surface area (Å²) in [6.45, 7) is 15.9. The van der Waals surface area contributed by atoms with Gasteiger partial charge in [0.15, 0.2) is 0 Å². The SMILES string of the molecule is C/C=C(/CC(=O)NCC(=O)NC(C)CCC(C)=O)c1ccccc1CCC.CC(C)OC=O.CCCCNC(C)=O. The van der Waals surface area contributed by atoms with Gasteiger partial charge in [-0.05, 0) is 70.6 Å². The molecule has 0 fully saturated rings. The lowest BCUT2D eigenvalue weighted by molar-refractivity contribution is -0.132. The van der Waals surface area contributed by atoms with E-state index < -0.39 is 0 Å². The number of aryl methyl sites for hydroxylation is 1. The number of ether oxygens (including phenoxy) is 1. The van der Waals surface area contributed by atoms with E-state index in [1.807, 2.05) is 38.1 Å². The number of hydrogen-bond acceptors (Lipinski definition) is 6. The fourth-order valence-corrected chi connectivity index (χ4v) is 3.46. The fraction of sp³-hybridized carbons (Fsp3) is 0.594. The molecule has 41 heavy (non-hydrogen) atoms. The molecule has 1 aromatic rings. The maximum atomic E-state index is 12.3. The van der Waals surface area contributed by atoms with Crippen molar-refractivity contribution in [3.63, 3.8) is 0 Å². The molecule has 0 saturated carbocycles. The Hall–Kier alpha value is -3.49. The molecule has 0 bridgehead atoms. The van der Waals surface area contributed by atoms with Gasteiger partial charge in [-0.2, -0.15) is 0 Å². The van der Waals surface area contributed by atoms with Crippen molar-refractivity contribution in [1.82, 2.24) is 16.0 Å². The molecule has 0 saturated heterocycles. The number of benzene rings is 1. The van der Waals surface area contributed by atoms with Crippen LogP contribution < -0.4 is 16.0 Å². The van der Waals surface area contributed by atoms with E-state index >= 15 is 0 Å². The maximum Gasteiger partial charge on any atom is 0.293 e. The Balaban J connectivity index is 0. The second-order valence-corrected chi connectivity index (χ2v) is 10.0. The molecule has 0 aliphatic heterocycles. The summed E-state index contributed by atoms with van der Waals surface area (Å²) < 4.78 is 4.36. The summed E-state index contributed by atoms with van der Waals surface area (Å²) >= 11 is 0. The van der Waals surface area contributed by atoms with Crippen molar-refractivity contribution in [2.45, 2.75) is 112 Å². The zero-order chi connectivity index (χ0) is 31.6. The second-order valence-electron chi connectivity index (χ2n) is 10.0. The van der Waals surface area contributed by atoms with Crippen molar-refractivity contribution < 1.29 is 28.7 Å². The van der Waals surface area contributed by atoms with Crippen LogP contribution in [0.2, 0.25) is 0 Å². The highest BCUT2D eigenvalue weighted by Crippen LogP contribution is 2.23. The van der Waals surface area contributed by atoms with Gasteiger partial charge >= 0.3 is 0 Å². The average Bonchev–Trinajstić information content (AvgIpc) is 2.90. The predicted octanol–water partition coefficient (Wildman–Crippen LogP) is 4.91. The molecule has 0 aromatic heterocycles. The molecule has 232 valence electrons. The number of carbonyl (C=O) groups excluding carboxylic acids is 5. The van der Waals surface area contributed by atoms with Gasteiger partial charge in [-0.3, -0.25) is 19.2 Å². The Kier molecular flexibility index (Phi) is 24.6. The van der Waals surface area contributed by atoms with Crippen LogP contribution in [-0.2, 0) is 35.1 Å². The first-order valence-electron chi connectivity index (χ1n) is 14.5. The highest BCUT2D eigenvalue weighted by Gasteiger charge is 2.13. The molecular weight excluding hydrogens is 522 g/mol. The lowest BCUT2D eigenvalue weighted by atomic mass is 9.94. The van der Waals surface area contributed by atoms with E-state index in [0.29, 0.717) is 19.3 Å². The van der Waals surface area contributed by atoms with Crippen molar-refractivity contribution in [3.05, 3.63) is 41.5 Å². The third-order valence-electron chi connectivity index (χ3n) is 5.60. The van der Waals surface area contributed by atoms with Crippen LogP contribution in [0, 0.1) is 0 Å². The van der Waals surface area contributed by atoms with Crippen LogP contribution in [0.5, 0.6) is 0 Å². The van der Waals surface area contributed by atoms with Crippen molar-refractivity contribution in [1.29, 1.82) is 0 Å². The minimum atomic E-state index is -0.243. The maximum absolute atomic E-state index is 12.3. The molecule has 1 rings (SSSR count). The van der Waals surface area contributed by atoms with Gasteiger partial charge in [0.05, 0.1) is 19.1 Å². The first kappa shape index (κ1) is 39.7. The zero-order valence-corrected chi connectivity index (χ0v) is 26.4. The van der Waals surface area contributed by atoms with E-state index in [2.05, 4.69) is 40.6 Å². The summed E-state index contributed by atoms with van der Waals surface area (Å²) in [5, 5.41) is 8.18. The summed E-state index contributed by atoms with van der Waals surface area (Å²) in [6.07, 6.45) is 7.50. The Morgan fingerprint density at radius 1 is 0.951 bits per heavy atom. The highest BCUT2D eigenvalue weighted by molar-refractivity contribution is 5.91. The number of rotatable bonds is 16. The molecule has 1 unspecified atom stereocenters. The zero-order valence-electron chi connectivity index (χ0n) is 26.4. The molecule has 1 atom stereocenters. The molecule has 0 aliphatic rings. The first-order valence-corrected chi connectivity index (χ1v) is 14.5. The molecule has 3 amide bonds. The standard InChI is InChI=1S/C22H32N2O3.C6H13NO.C4H8O2/c1-5-9-19-10-7-8-11-20(19)18(6-2)14-21(26)23-15-22(27)24-16(3)12-13-17(4)25;1-3-4-5-7-6(2)8;1-4(2)6-3-5/h6-8,10-11,16H,5,9,12-15H2,1-4H3,(H,23,26)(H,24,27);3-5H2,1-2H3,(H,7,8);3-4H,1-2H3/b18-6-;;. The van der Waals surface area contributed by atoms with Gasteiger partial charge in [-0.1, -0.05) is 57.0 Å². The molecular formula is C32H53N3O6. The predicted molar refractivity (Wildman–Crippen MR) is 165 cm³/mol. The molecule has 9 nitrogen and oxygen atoms in total. The second kappa shape index (κ2) is 25.5. The average molecular weight is 576 g/mol. The number of ketones is 1. The Labute approximate surface area is 247 Å². The van der Waals surface area contributed by atoms with Crippen LogP contribution in [0.3, 0.4) is 0 Å². The first-order chi connectivity index (χ1) is 19.4. The minimum absolute atomic E-state index is 0.0301. The van der Waals surface area contributed by atoms with Crippen molar-refractivity contribution in [2.75, 3.05) is 13.1 Å². The van der Waals surface area contributed by atoms with Crippen LogP contribution in [0.1, 0.15) is 105 Å². The van der Waals surface area contributed by atoms with Crippen LogP contribution in [0.25, 0.3) is 5.57 Å². The van der Waals surface area contributed by atoms with Gasteiger partial charge in [-0.25, -0.2) is 0 Å². The largest absolute Gasteiger partial charge is 0.465 e. The van der Waals surface area contributed by atoms with Crippen LogP contribution in [-0.4, -0.2) is 55.2 Å². The van der Waals surface area contributed by atoms with Crippen molar-refractivity contribution in [3.8, 4) is 0 Å². The normalized spacial score (nSPS) is 11.1. The van der Waals surface area contributed by atoms with Gasteiger partial charge in [0.2, 0.25) is 17.7 Å². The lowest BCUT2D eigenvalue weighted by Crippen LogP contribution is -2.41. The smallest absolute Gasteiger partial charge is 0.293 e. The Bertz CT molecular complexity index is 943. The molecule has 3 N–H and O–H groups in total. The molecule has 0 radical (unpaired) electrons. The summed E-state index contributed by atoms with van der Waals surface area (Å²) in [7, 11) is 0. The number of carbonyl (C=O) groups is 5. The molecule has 0 heterocycles. The third kappa shape index (κ3) is 24.1. The molecule has 0 spiro atoms. The van der Waals surface area contributed by atoms with Gasteiger partial charge in [0.1, 0.15) is 5.78 Å². The fourth-order valence-electron chi connectivity index (χ4n) is 3.46. The van der Waals surface area contributed by atoms with Gasteiger partial charge in [-0.15, -0.1) is 0 Å². The van der Waals surface area contributed by atoms with E-state index in [0.717, 1.165) is 43.4 Å². The summed E-state index contributed by atoms with van der Waals surface area (Å²) in [5.74, 6) is -0.251. The van der Waals surface area contributed by atoms with Crippen molar-refractivity contribution >= 4 is 35.6 Å². The van der Waals surface area contributed by atoms with Gasteiger partial charge in [0.25, 0.3) is 6.47 Å². The topological polar surface area (TPSA) is 131 Å². The summed E-state index contributed by atoms with van der Waals surface area (Å²) in [6, 6.07) is 8.03. The molecule has 1 aromatic carbocycles. The van der Waals surface area contributed by atoms with Crippen LogP contribution in [0.4, 0.5) is 0 Å². The quantitative estimate of drug-likeness (QED) is 0.190. The minimum Gasteiger partial charge on any atom is -0.465 e. The summed E-state index contributed by atoms with van der Waals surface area (Å²) in [4.78, 5) is 54.8. The van der Waals surface area contributed by atoms with E-state index in [-0.39, 0.29) is 48.6 Å². The number of unbranched alkanes of at least 4 members (excludes halogenated alkanes) is 1. The number of Topliss-reactive ketones (excluding diaryl/α,β-unsaturated/α-hetero) is 1. The van der Waals surface area contributed by atoms with E-state index in [9.17, 15) is 24.0 Å². The monoisotopic (exact) mass is 575 g/mol. The van der Waals surface area contributed by atoms with E-state index in [1.165, 1.54) is 19.4 Å². The lowest BCUT2D eigenvalue weighted by Gasteiger charge is -2.15. The van der Waals surface area contributed by atoms with Crippen molar-refractivity contribution in [2.24, 2.45) is 0 Å². The third-order valence-corrected chi connectivity index (χ3v) is 5.60. The van der Waals surface area contributed by atoms with Gasteiger partial charge < -0.3 is 25.5 Å². The Morgan fingerprint density at radius 3 is 2.10 bits per heavy atom. The highest BCUT2D eigenvalue weighted by atomic mass is 16.5. The Morgan fingerprint density at radius 2 is 1.61 bits per heavy atom. The number of hydrogen-bond donors (Lipinski definition) is 3. The van der Waals surface area contributed by atoms with E-state index in [4.69, 9.17) is 0 Å². The number of nitrogens with one attached hydrogen (secondary N) is 3. The van der Waals surface area contributed by atoms with Crippen LogP contribution >= 0.6 is 0 Å². The number of amides is 3.